The number of amides is 2. The first-order valence-electron chi connectivity index (χ1n) is 12.8. The van der Waals surface area contributed by atoms with Crippen LogP contribution in [0.3, 0.4) is 0 Å². The van der Waals surface area contributed by atoms with Gasteiger partial charge in [-0.25, -0.2) is 9.88 Å². The predicted molar refractivity (Wildman–Crippen MR) is 142 cm³/mol. The zero-order valence-corrected chi connectivity index (χ0v) is 20.5. The molecule has 8 rings (SSSR count). The number of aromatic nitrogens is 2. The molecule has 2 bridgehead atoms. The molecule has 6 atom stereocenters. The van der Waals surface area contributed by atoms with Crippen LogP contribution >= 0.6 is 0 Å². The number of fused-ring (bicyclic) bond motifs is 9. The minimum atomic E-state index is -0.551. The summed E-state index contributed by atoms with van der Waals surface area (Å²) in [6.45, 7) is 1.98. The van der Waals surface area contributed by atoms with E-state index in [9.17, 15) is 9.59 Å². The second-order valence-electron chi connectivity index (χ2n) is 10.4. The van der Waals surface area contributed by atoms with E-state index in [0.29, 0.717) is 11.4 Å². The molecule has 0 radical (unpaired) electrons. The maximum atomic E-state index is 13.8. The Morgan fingerprint density at radius 1 is 0.737 bits per heavy atom. The van der Waals surface area contributed by atoms with Gasteiger partial charge in [0.25, 0.3) is 0 Å². The largest absolute Gasteiger partial charge is 0.370 e. The van der Waals surface area contributed by atoms with Gasteiger partial charge in [0.1, 0.15) is 5.69 Å². The van der Waals surface area contributed by atoms with Gasteiger partial charge in [-0.2, -0.15) is 5.10 Å². The molecule has 0 aliphatic carbocycles. The van der Waals surface area contributed by atoms with Crippen molar-refractivity contribution < 1.29 is 14.3 Å². The van der Waals surface area contributed by atoms with Crippen molar-refractivity contribution in [2.75, 3.05) is 9.91 Å². The summed E-state index contributed by atoms with van der Waals surface area (Å²) in [6.07, 6.45) is 0.815. The van der Waals surface area contributed by atoms with Crippen LogP contribution in [0.2, 0.25) is 0 Å². The quantitative estimate of drug-likeness (QED) is 0.398. The number of carbonyl (C=O) groups excluding carboxylic acids is 2. The average Bonchev–Trinajstić information content (AvgIpc) is 3.69. The number of imide groups is 1. The van der Waals surface area contributed by atoms with Crippen molar-refractivity contribution in [1.82, 2.24) is 9.97 Å². The van der Waals surface area contributed by atoms with E-state index in [4.69, 9.17) is 14.8 Å². The van der Waals surface area contributed by atoms with Crippen LogP contribution in [-0.4, -0.2) is 45.7 Å². The topological polar surface area (TPSA) is 88.0 Å². The highest BCUT2D eigenvalue weighted by Crippen LogP contribution is 2.56. The maximum absolute atomic E-state index is 13.8. The number of hydrogen-bond acceptors (Lipinski definition) is 7. The molecule has 0 N–H and O–H groups in total. The fraction of sp³-hybridized carbons (Fsp3) is 0.233. The molecule has 6 unspecified atom stereocenters. The van der Waals surface area contributed by atoms with Crippen LogP contribution in [-0.2, 0) is 14.3 Å². The van der Waals surface area contributed by atoms with Crippen molar-refractivity contribution in [2.24, 2.45) is 22.9 Å². The molecular weight excluding hydrogens is 478 g/mol. The van der Waals surface area contributed by atoms with Crippen LogP contribution in [0, 0.1) is 24.7 Å². The van der Waals surface area contributed by atoms with E-state index in [-0.39, 0.29) is 23.8 Å². The van der Waals surface area contributed by atoms with Crippen LogP contribution < -0.4 is 9.91 Å². The Hall–Kier alpha value is -4.43. The first-order chi connectivity index (χ1) is 18.6. The lowest BCUT2D eigenvalue weighted by molar-refractivity contribution is -0.125. The van der Waals surface area contributed by atoms with Gasteiger partial charge in [-0.1, -0.05) is 48.0 Å². The summed E-state index contributed by atoms with van der Waals surface area (Å²) in [5, 5.41) is 7.02. The molecular formula is C30H23N5O3. The monoisotopic (exact) mass is 501 g/mol. The van der Waals surface area contributed by atoms with E-state index in [1.807, 2.05) is 90.8 Å². The fourth-order valence-corrected chi connectivity index (χ4v) is 6.67. The molecule has 4 aliphatic rings. The van der Waals surface area contributed by atoms with E-state index >= 15 is 0 Å². The summed E-state index contributed by atoms with van der Waals surface area (Å²) in [7, 11) is 0. The number of carbonyl (C=O) groups is 2. The van der Waals surface area contributed by atoms with E-state index in [1.54, 1.807) is 6.20 Å². The van der Waals surface area contributed by atoms with E-state index in [0.717, 1.165) is 28.0 Å². The lowest BCUT2D eigenvalue weighted by atomic mass is 9.70. The summed E-state index contributed by atoms with van der Waals surface area (Å²) in [6, 6.07) is 24.9. The Labute approximate surface area is 218 Å². The summed E-state index contributed by atoms with van der Waals surface area (Å²) in [4.78, 5) is 38.4. The Kier molecular flexibility index (Phi) is 4.43. The van der Waals surface area contributed by atoms with Crippen molar-refractivity contribution in [1.29, 1.82) is 0 Å². The van der Waals surface area contributed by atoms with E-state index in [1.165, 1.54) is 4.90 Å². The van der Waals surface area contributed by atoms with Gasteiger partial charge in [-0.15, -0.1) is 0 Å². The number of aryl methyl sites for hydroxylation is 1. The molecule has 4 aliphatic heterocycles. The highest BCUT2D eigenvalue weighted by molar-refractivity contribution is 6.23. The minimum Gasteiger partial charge on any atom is -0.370 e. The number of ether oxygens (including phenoxy) is 1. The Balaban J connectivity index is 1.24. The summed E-state index contributed by atoms with van der Waals surface area (Å²) in [5.74, 6) is -1.70. The third kappa shape index (κ3) is 2.86. The number of nitrogens with zero attached hydrogens (tertiary/aromatic N) is 5. The van der Waals surface area contributed by atoms with Crippen LogP contribution in [0.5, 0.6) is 0 Å². The predicted octanol–water partition coefficient (Wildman–Crippen LogP) is 3.73. The highest BCUT2D eigenvalue weighted by Gasteiger charge is 2.72. The highest BCUT2D eigenvalue weighted by atomic mass is 16.5. The smallest absolute Gasteiger partial charge is 0.240 e. The number of anilines is 2. The fourth-order valence-electron chi connectivity index (χ4n) is 6.67. The average molecular weight is 502 g/mol. The molecule has 2 amide bonds. The van der Waals surface area contributed by atoms with E-state index in [2.05, 4.69) is 4.98 Å². The van der Waals surface area contributed by atoms with Gasteiger partial charge in [-0.05, 0) is 43.3 Å². The van der Waals surface area contributed by atoms with Crippen LogP contribution in [0.25, 0.3) is 11.0 Å². The minimum absolute atomic E-state index is 0.193. The number of hydrogen-bond donors (Lipinski definition) is 0. The lowest BCUT2D eigenvalue weighted by Crippen LogP contribution is -2.50. The van der Waals surface area contributed by atoms with Crippen molar-refractivity contribution in [3.05, 3.63) is 96.3 Å². The molecule has 8 nitrogen and oxygen atoms in total. The normalized spacial score (nSPS) is 29.2. The van der Waals surface area contributed by atoms with Crippen LogP contribution in [0.4, 0.5) is 11.4 Å². The molecule has 4 aromatic rings. The molecule has 3 fully saturated rings. The van der Waals surface area contributed by atoms with Crippen molar-refractivity contribution in [3.8, 4) is 0 Å². The third-order valence-electron chi connectivity index (χ3n) is 8.32. The van der Waals surface area contributed by atoms with Gasteiger partial charge in [0, 0.05) is 0 Å². The van der Waals surface area contributed by atoms with Crippen LogP contribution in [0.1, 0.15) is 11.3 Å². The molecule has 186 valence electrons. The second kappa shape index (κ2) is 7.79. The van der Waals surface area contributed by atoms with Gasteiger partial charge in [-0.3, -0.25) is 19.6 Å². The summed E-state index contributed by atoms with van der Waals surface area (Å²) >= 11 is 0. The molecule has 0 spiro atoms. The number of para-hydroxylation sites is 3. The summed E-state index contributed by atoms with van der Waals surface area (Å²) in [5.41, 5.74) is 5.59. The first kappa shape index (κ1) is 21.6. The van der Waals surface area contributed by atoms with Gasteiger partial charge < -0.3 is 4.74 Å². The molecule has 0 saturated carbocycles. The van der Waals surface area contributed by atoms with Gasteiger partial charge in [0.2, 0.25) is 11.8 Å². The molecule has 3 saturated heterocycles. The van der Waals surface area contributed by atoms with Crippen molar-refractivity contribution >= 4 is 39.9 Å². The molecule has 8 heteroatoms. The zero-order valence-electron chi connectivity index (χ0n) is 20.5. The zero-order chi connectivity index (χ0) is 25.5. The first-order valence-corrected chi connectivity index (χ1v) is 12.8. The molecule has 38 heavy (non-hydrogen) atoms. The lowest BCUT2D eigenvalue weighted by Gasteiger charge is -2.32. The Morgan fingerprint density at radius 3 is 2.18 bits per heavy atom. The maximum Gasteiger partial charge on any atom is 0.240 e. The third-order valence-corrected chi connectivity index (χ3v) is 8.32. The number of hydrazone groups is 1. The van der Waals surface area contributed by atoms with Crippen LogP contribution in [0.15, 0.2) is 90.2 Å². The van der Waals surface area contributed by atoms with Gasteiger partial charge in [0.05, 0.1) is 70.3 Å². The van der Waals surface area contributed by atoms with Crippen molar-refractivity contribution in [3.63, 3.8) is 0 Å². The van der Waals surface area contributed by atoms with E-state index < -0.39 is 24.0 Å². The SMILES string of the molecule is Cc1ccc(N2C(=O)C3C4OC(C3C2=O)C2C4C(c3cnc4ccccc4n3)=NN2c2ccccc2)cc1. The molecule has 5 heterocycles. The standard InChI is InChI=1S/C30H23N5O3/c1-16-11-13-17(14-12-16)34-29(36)22-23(30(34)37)28-26-24(27(22)38-28)25(33-35(26)18-7-3-2-4-8-18)21-15-31-19-9-5-6-10-20(19)32-21/h2-15,22-24,26-28H,1H3. The molecule has 3 aromatic carbocycles. The Morgan fingerprint density at radius 2 is 1.42 bits per heavy atom. The summed E-state index contributed by atoms with van der Waals surface area (Å²) < 4.78 is 6.50. The number of rotatable bonds is 3. The van der Waals surface area contributed by atoms with Gasteiger partial charge in [0.15, 0.2) is 0 Å². The number of benzene rings is 3. The van der Waals surface area contributed by atoms with Gasteiger partial charge >= 0.3 is 0 Å². The second-order valence-corrected chi connectivity index (χ2v) is 10.4. The van der Waals surface area contributed by atoms with Crippen molar-refractivity contribution in [2.45, 2.75) is 25.2 Å². The Bertz CT molecular complexity index is 1650. The molecule has 1 aromatic heterocycles.